The second kappa shape index (κ2) is 4.85. The molecule has 0 bridgehead atoms. The Labute approximate surface area is 72.8 Å². The van der Waals surface area contributed by atoms with Gasteiger partial charge in [0, 0.05) is 25.0 Å². The van der Waals surface area contributed by atoms with E-state index in [1.54, 1.807) is 12.4 Å². The first kappa shape index (κ1) is 9.16. The average molecular weight is 165 g/mol. The number of aryl methyl sites for hydroxylation is 1. The summed E-state index contributed by atoms with van der Waals surface area (Å²) in [5.41, 5.74) is 12.4. The van der Waals surface area contributed by atoms with Crippen molar-refractivity contribution in [1.82, 2.24) is 4.98 Å². The zero-order valence-corrected chi connectivity index (χ0v) is 7.11. The second-order valence-corrected chi connectivity index (χ2v) is 2.89. The van der Waals surface area contributed by atoms with Crippen molar-refractivity contribution in [3.05, 3.63) is 30.1 Å². The highest BCUT2D eigenvalue weighted by Gasteiger charge is 1.99. The third-order valence-corrected chi connectivity index (χ3v) is 1.86. The van der Waals surface area contributed by atoms with Crippen LogP contribution in [-0.2, 0) is 6.42 Å². The van der Waals surface area contributed by atoms with Crippen LogP contribution < -0.4 is 11.5 Å². The normalized spacial score (nSPS) is 12.8. The van der Waals surface area contributed by atoms with Crippen molar-refractivity contribution in [2.24, 2.45) is 11.5 Å². The average Bonchev–Trinajstić information content (AvgIpc) is 2.16. The van der Waals surface area contributed by atoms with Gasteiger partial charge in [-0.25, -0.2) is 0 Å². The van der Waals surface area contributed by atoms with E-state index in [9.17, 15) is 0 Å². The summed E-state index contributed by atoms with van der Waals surface area (Å²) in [6.07, 6.45) is 5.52. The number of rotatable bonds is 4. The van der Waals surface area contributed by atoms with Gasteiger partial charge in [0.1, 0.15) is 0 Å². The molecule has 1 atom stereocenters. The Morgan fingerprint density at radius 2 is 2.00 bits per heavy atom. The van der Waals surface area contributed by atoms with Gasteiger partial charge in [-0.05, 0) is 30.5 Å². The third-order valence-electron chi connectivity index (χ3n) is 1.86. The van der Waals surface area contributed by atoms with Crippen molar-refractivity contribution < 1.29 is 0 Å². The molecule has 3 nitrogen and oxygen atoms in total. The molecule has 0 fully saturated rings. The molecule has 0 saturated heterocycles. The molecule has 1 aromatic heterocycles. The van der Waals surface area contributed by atoms with Crippen LogP contribution in [0.3, 0.4) is 0 Å². The van der Waals surface area contributed by atoms with Crippen molar-refractivity contribution in [3.8, 4) is 0 Å². The molecular weight excluding hydrogens is 150 g/mol. The standard InChI is InChI=1S/C9H15N3/c10-7-9(11)2-1-8-3-5-12-6-4-8/h3-6,9H,1-2,7,10-11H2. The van der Waals surface area contributed by atoms with Crippen molar-refractivity contribution in [1.29, 1.82) is 0 Å². The highest BCUT2D eigenvalue weighted by Crippen LogP contribution is 2.01. The van der Waals surface area contributed by atoms with Gasteiger partial charge < -0.3 is 11.5 Å². The molecule has 0 saturated carbocycles. The largest absolute Gasteiger partial charge is 0.329 e. The summed E-state index contributed by atoms with van der Waals surface area (Å²) in [7, 11) is 0. The fourth-order valence-electron chi connectivity index (χ4n) is 1.02. The van der Waals surface area contributed by atoms with Crippen LogP contribution in [-0.4, -0.2) is 17.6 Å². The molecule has 12 heavy (non-hydrogen) atoms. The van der Waals surface area contributed by atoms with Crippen LogP contribution in [0.2, 0.25) is 0 Å². The molecule has 0 aliphatic carbocycles. The molecule has 1 unspecified atom stereocenters. The Hall–Kier alpha value is -0.930. The van der Waals surface area contributed by atoms with Crippen LogP contribution in [0.15, 0.2) is 24.5 Å². The number of hydrogen-bond acceptors (Lipinski definition) is 3. The van der Waals surface area contributed by atoms with E-state index in [0.29, 0.717) is 6.54 Å². The topological polar surface area (TPSA) is 64.9 Å². The lowest BCUT2D eigenvalue weighted by Crippen LogP contribution is -2.29. The van der Waals surface area contributed by atoms with Gasteiger partial charge in [0.25, 0.3) is 0 Å². The van der Waals surface area contributed by atoms with E-state index >= 15 is 0 Å². The molecule has 0 spiro atoms. The summed E-state index contributed by atoms with van der Waals surface area (Å²) >= 11 is 0. The maximum atomic E-state index is 5.68. The smallest absolute Gasteiger partial charge is 0.0270 e. The summed E-state index contributed by atoms with van der Waals surface area (Å²) < 4.78 is 0. The van der Waals surface area contributed by atoms with Crippen LogP contribution >= 0.6 is 0 Å². The second-order valence-electron chi connectivity index (χ2n) is 2.89. The summed E-state index contributed by atoms with van der Waals surface area (Å²) in [4.78, 5) is 3.94. The van der Waals surface area contributed by atoms with Gasteiger partial charge in [-0.15, -0.1) is 0 Å². The number of nitrogens with two attached hydrogens (primary N) is 2. The van der Waals surface area contributed by atoms with Crippen molar-refractivity contribution in [2.75, 3.05) is 6.54 Å². The number of pyridine rings is 1. The quantitative estimate of drug-likeness (QED) is 0.674. The lowest BCUT2D eigenvalue weighted by atomic mass is 10.1. The number of nitrogens with zero attached hydrogens (tertiary/aromatic N) is 1. The van der Waals surface area contributed by atoms with E-state index in [-0.39, 0.29) is 6.04 Å². The van der Waals surface area contributed by atoms with E-state index in [2.05, 4.69) is 4.98 Å². The molecule has 0 aromatic carbocycles. The minimum atomic E-state index is 0.123. The van der Waals surface area contributed by atoms with E-state index in [0.717, 1.165) is 12.8 Å². The predicted octanol–water partition coefficient (Wildman–Crippen LogP) is 0.300. The van der Waals surface area contributed by atoms with Gasteiger partial charge in [-0.1, -0.05) is 0 Å². The maximum Gasteiger partial charge on any atom is 0.0270 e. The molecular formula is C9H15N3. The highest BCUT2D eigenvalue weighted by atomic mass is 14.7. The molecule has 3 heteroatoms. The minimum Gasteiger partial charge on any atom is -0.329 e. The summed E-state index contributed by atoms with van der Waals surface area (Å²) in [5.74, 6) is 0. The van der Waals surface area contributed by atoms with Gasteiger partial charge in [-0.2, -0.15) is 0 Å². The zero-order chi connectivity index (χ0) is 8.81. The molecule has 0 aliphatic rings. The molecule has 4 N–H and O–H groups in total. The molecule has 0 aliphatic heterocycles. The van der Waals surface area contributed by atoms with Crippen molar-refractivity contribution in [3.63, 3.8) is 0 Å². The zero-order valence-electron chi connectivity index (χ0n) is 7.11. The Balaban J connectivity index is 2.33. The number of aromatic nitrogens is 1. The first-order valence-corrected chi connectivity index (χ1v) is 4.17. The molecule has 66 valence electrons. The predicted molar refractivity (Wildman–Crippen MR) is 49.6 cm³/mol. The van der Waals surface area contributed by atoms with E-state index < -0.39 is 0 Å². The SMILES string of the molecule is NCC(N)CCc1ccncc1. The molecule has 0 radical (unpaired) electrons. The first-order chi connectivity index (χ1) is 5.83. The molecule has 1 rings (SSSR count). The lowest BCUT2D eigenvalue weighted by Gasteiger charge is -2.07. The molecule has 1 aromatic rings. The Kier molecular flexibility index (Phi) is 3.70. The summed E-state index contributed by atoms with van der Waals surface area (Å²) in [5, 5.41) is 0. The Bertz CT molecular complexity index is 210. The van der Waals surface area contributed by atoms with Crippen LogP contribution in [0, 0.1) is 0 Å². The van der Waals surface area contributed by atoms with E-state index in [1.807, 2.05) is 12.1 Å². The van der Waals surface area contributed by atoms with Gasteiger partial charge >= 0.3 is 0 Å². The first-order valence-electron chi connectivity index (χ1n) is 4.17. The van der Waals surface area contributed by atoms with Crippen molar-refractivity contribution in [2.45, 2.75) is 18.9 Å². The fourth-order valence-corrected chi connectivity index (χ4v) is 1.02. The lowest BCUT2D eigenvalue weighted by molar-refractivity contribution is 0.622. The minimum absolute atomic E-state index is 0.123. The van der Waals surface area contributed by atoms with Crippen molar-refractivity contribution >= 4 is 0 Å². The van der Waals surface area contributed by atoms with Gasteiger partial charge in [0.15, 0.2) is 0 Å². The third kappa shape index (κ3) is 2.98. The van der Waals surface area contributed by atoms with Gasteiger partial charge in [0.2, 0.25) is 0 Å². The monoisotopic (exact) mass is 165 g/mol. The van der Waals surface area contributed by atoms with E-state index in [4.69, 9.17) is 11.5 Å². The van der Waals surface area contributed by atoms with Gasteiger partial charge in [0.05, 0.1) is 0 Å². The Morgan fingerprint density at radius 1 is 1.33 bits per heavy atom. The Morgan fingerprint density at radius 3 is 2.58 bits per heavy atom. The molecule has 1 heterocycles. The highest BCUT2D eigenvalue weighted by molar-refractivity contribution is 5.09. The summed E-state index contributed by atoms with van der Waals surface area (Å²) in [6, 6.07) is 4.13. The van der Waals surface area contributed by atoms with Crippen LogP contribution in [0.1, 0.15) is 12.0 Å². The van der Waals surface area contributed by atoms with E-state index in [1.165, 1.54) is 5.56 Å². The van der Waals surface area contributed by atoms with Crippen LogP contribution in [0.25, 0.3) is 0 Å². The fraction of sp³-hybridized carbons (Fsp3) is 0.444. The maximum absolute atomic E-state index is 5.68. The molecule has 0 amide bonds. The number of hydrogen-bond donors (Lipinski definition) is 2. The van der Waals surface area contributed by atoms with Crippen LogP contribution in [0.5, 0.6) is 0 Å². The van der Waals surface area contributed by atoms with Gasteiger partial charge in [-0.3, -0.25) is 4.98 Å². The van der Waals surface area contributed by atoms with Crippen LogP contribution in [0.4, 0.5) is 0 Å². The summed E-state index contributed by atoms with van der Waals surface area (Å²) in [6.45, 7) is 0.561.